The summed E-state index contributed by atoms with van der Waals surface area (Å²) in [7, 11) is 0. The lowest BCUT2D eigenvalue weighted by Gasteiger charge is -2.38. The number of nitro groups is 1. The summed E-state index contributed by atoms with van der Waals surface area (Å²) in [6.45, 7) is 4.57. The number of nitrogens with one attached hydrogen (secondary N) is 1. The Hall–Kier alpha value is -1.14. The summed E-state index contributed by atoms with van der Waals surface area (Å²) in [5.41, 5.74) is 0.861. The Morgan fingerprint density at radius 3 is 2.76 bits per heavy atom. The molecule has 92 valence electrons. The van der Waals surface area contributed by atoms with Gasteiger partial charge in [-0.05, 0) is 19.1 Å². The second-order valence-electron chi connectivity index (χ2n) is 3.99. The predicted octanol–water partition coefficient (Wildman–Crippen LogP) is 2.16. The second kappa shape index (κ2) is 5.01. The van der Waals surface area contributed by atoms with Crippen molar-refractivity contribution >= 4 is 27.3 Å². The van der Waals surface area contributed by atoms with Gasteiger partial charge in [0.15, 0.2) is 0 Å². The summed E-state index contributed by atoms with van der Waals surface area (Å²) in [6, 6.07) is 5.57. The molecule has 2 rings (SSSR count). The quantitative estimate of drug-likeness (QED) is 0.684. The predicted molar refractivity (Wildman–Crippen MR) is 70.5 cm³/mol. The highest BCUT2D eigenvalue weighted by Crippen LogP contribution is 2.32. The number of nitro benzene ring substituents is 1. The van der Waals surface area contributed by atoms with E-state index in [-0.39, 0.29) is 10.6 Å². The van der Waals surface area contributed by atoms with E-state index in [4.69, 9.17) is 0 Å². The molecule has 0 unspecified atom stereocenters. The molecule has 6 heteroatoms. The highest BCUT2D eigenvalue weighted by Gasteiger charge is 2.28. The first kappa shape index (κ1) is 12.3. The van der Waals surface area contributed by atoms with Crippen LogP contribution in [0.1, 0.15) is 6.92 Å². The zero-order valence-corrected chi connectivity index (χ0v) is 11.1. The van der Waals surface area contributed by atoms with E-state index in [1.807, 2.05) is 19.1 Å². The molecule has 0 bridgehead atoms. The van der Waals surface area contributed by atoms with Gasteiger partial charge in [0.2, 0.25) is 0 Å². The molecule has 1 aliphatic heterocycles. The van der Waals surface area contributed by atoms with Crippen molar-refractivity contribution < 1.29 is 4.92 Å². The van der Waals surface area contributed by atoms with Gasteiger partial charge in [-0.3, -0.25) is 10.1 Å². The summed E-state index contributed by atoms with van der Waals surface area (Å²) in [6.07, 6.45) is 0. The first-order chi connectivity index (χ1) is 8.13. The molecule has 0 atom stereocenters. The first-order valence-corrected chi connectivity index (χ1v) is 6.34. The Morgan fingerprint density at radius 2 is 2.29 bits per heavy atom. The number of likely N-dealkylation sites (N-methyl/N-ethyl adjacent to an activating group) is 1. The van der Waals surface area contributed by atoms with Gasteiger partial charge in [0.1, 0.15) is 5.69 Å². The van der Waals surface area contributed by atoms with Gasteiger partial charge in [-0.1, -0.05) is 15.9 Å². The van der Waals surface area contributed by atoms with E-state index >= 15 is 0 Å². The van der Waals surface area contributed by atoms with Crippen LogP contribution in [0, 0.1) is 10.1 Å². The molecule has 5 nitrogen and oxygen atoms in total. The van der Waals surface area contributed by atoms with Gasteiger partial charge >= 0.3 is 0 Å². The molecule has 1 fully saturated rings. The fourth-order valence-electron chi connectivity index (χ4n) is 2.00. The van der Waals surface area contributed by atoms with Crippen LogP contribution in [-0.4, -0.2) is 30.6 Å². The monoisotopic (exact) mass is 299 g/mol. The molecule has 0 spiro atoms. The summed E-state index contributed by atoms with van der Waals surface area (Å²) >= 11 is 3.27. The molecule has 1 aliphatic rings. The number of halogens is 1. The zero-order valence-electron chi connectivity index (χ0n) is 9.52. The van der Waals surface area contributed by atoms with E-state index in [1.54, 1.807) is 6.07 Å². The average molecular weight is 300 g/mol. The van der Waals surface area contributed by atoms with E-state index in [1.165, 1.54) is 0 Å². The Bertz CT molecular complexity index is 435. The highest BCUT2D eigenvalue weighted by atomic mass is 79.9. The van der Waals surface area contributed by atoms with Gasteiger partial charge < -0.3 is 10.2 Å². The second-order valence-corrected chi connectivity index (χ2v) is 4.90. The third-order valence-electron chi connectivity index (χ3n) is 2.98. The van der Waals surface area contributed by atoms with E-state index < -0.39 is 0 Å². The van der Waals surface area contributed by atoms with Crippen molar-refractivity contribution in [1.29, 1.82) is 0 Å². The minimum Gasteiger partial charge on any atom is -0.361 e. The number of nitrogens with zero attached hydrogens (tertiary/aromatic N) is 2. The minimum absolute atomic E-state index is 0.160. The number of benzene rings is 1. The zero-order chi connectivity index (χ0) is 12.4. The molecule has 0 amide bonds. The van der Waals surface area contributed by atoms with Crippen molar-refractivity contribution in [2.24, 2.45) is 0 Å². The van der Waals surface area contributed by atoms with Gasteiger partial charge in [0.25, 0.3) is 5.69 Å². The maximum atomic E-state index is 11.1. The van der Waals surface area contributed by atoms with Gasteiger partial charge in [-0.25, -0.2) is 0 Å². The molecule has 0 aliphatic carbocycles. The first-order valence-electron chi connectivity index (χ1n) is 5.54. The fraction of sp³-hybridized carbons (Fsp3) is 0.455. The van der Waals surface area contributed by atoms with Gasteiger partial charge in [-0.2, -0.15) is 0 Å². The SMILES string of the molecule is CCN(c1ccc(Br)cc1[N+](=O)[O-])C1CNC1. The summed E-state index contributed by atoms with van der Waals surface area (Å²) in [4.78, 5) is 12.8. The van der Waals surface area contributed by atoms with E-state index in [0.29, 0.717) is 11.7 Å². The van der Waals surface area contributed by atoms with Crippen molar-refractivity contribution in [3.05, 3.63) is 32.8 Å². The molecular formula is C11H14BrN3O2. The van der Waals surface area contributed by atoms with E-state index in [9.17, 15) is 10.1 Å². The minimum atomic E-state index is -0.325. The highest BCUT2D eigenvalue weighted by molar-refractivity contribution is 9.10. The molecular weight excluding hydrogens is 286 g/mol. The summed E-state index contributed by atoms with van der Waals surface area (Å²) in [5.74, 6) is 0. The van der Waals surface area contributed by atoms with Crippen LogP contribution in [0.2, 0.25) is 0 Å². The van der Waals surface area contributed by atoms with Crippen LogP contribution in [0.25, 0.3) is 0 Å². The van der Waals surface area contributed by atoms with Crippen LogP contribution in [0.3, 0.4) is 0 Å². The maximum absolute atomic E-state index is 11.1. The number of hydrogen-bond acceptors (Lipinski definition) is 4. The van der Waals surface area contributed by atoms with Crippen molar-refractivity contribution in [3.8, 4) is 0 Å². The maximum Gasteiger partial charge on any atom is 0.293 e. The Kier molecular flexibility index (Phi) is 3.63. The van der Waals surface area contributed by atoms with Crippen LogP contribution < -0.4 is 10.2 Å². The van der Waals surface area contributed by atoms with Crippen molar-refractivity contribution in [2.45, 2.75) is 13.0 Å². The standard InChI is InChI=1S/C11H14BrN3O2/c1-2-14(9-6-13-7-9)10-4-3-8(12)5-11(10)15(16)17/h3-5,9,13H,2,6-7H2,1H3. The third kappa shape index (κ3) is 2.42. The molecule has 0 aromatic heterocycles. The van der Waals surface area contributed by atoms with Crippen molar-refractivity contribution in [1.82, 2.24) is 5.32 Å². The lowest BCUT2D eigenvalue weighted by molar-refractivity contribution is -0.384. The Balaban J connectivity index is 2.38. The van der Waals surface area contributed by atoms with Crippen LogP contribution in [-0.2, 0) is 0 Å². The summed E-state index contributed by atoms with van der Waals surface area (Å²) in [5, 5.41) is 14.3. The number of hydrogen-bond donors (Lipinski definition) is 1. The van der Waals surface area contributed by atoms with Gasteiger partial charge in [0, 0.05) is 30.2 Å². The largest absolute Gasteiger partial charge is 0.361 e. The molecule has 0 radical (unpaired) electrons. The molecule has 1 aromatic rings. The summed E-state index contributed by atoms with van der Waals surface area (Å²) < 4.78 is 0.732. The third-order valence-corrected chi connectivity index (χ3v) is 3.48. The van der Waals surface area contributed by atoms with Gasteiger partial charge in [-0.15, -0.1) is 0 Å². The molecule has 1 N–H and O–H groups in total. The topological polar surface area (TPSA) is 58.4 Å². The molecule has 1 heterocycles. The van der Waals surface area contributed by atoms with E-state index in [0.717, 1.165) is 24.1 Å². The van der Waals surface area contributed by atoms with Crippen LogP contribution >= 0.6 is 15.9 Å². The molecule has 0 saturated carbocycles. The van der Waals surface area contributed by atoms with Crippen molar-refractivity contribution in [3.63, 3.8) is 0 Å². The van der Waals surface area contributed by atoms with Crippen LogP contribution in [0.5, 0.6) is 0 Å². The number of anilines is 1. The van der Waals surface area contributed by atoms with E-state index in [2.05, 4.69) is 26.1 Å². The number of rotatable bonds is 4. The fourth-order valence-corrected chi connectivity index (χ4v) is 2.35. The lowest BCUT2D eigenvalue weighted by atomic mass is 10.1. The smallest absolute Gasteiger partial charge is 0.293 e. The average Bonchev–Trinajstić information content (AvgIpc) is 2.23. The van der Waals surface area contributed by atoms with Crippen LogP contribution in [0.4, 0.5) is 11.4 Å². The molecule has 1 aromatic carbocycles. The molecule has 1 saturated heterocycles. The van der Waals surface area contributed by atoms with Crippen molar-refractivity contribution in [2.75, 3.05) is 24.5 Å². The molecule has 17 heavy (non-hydrogen) atoms. The Morgan fingerprint density at radius 1 is 1.59 bits per heavy atom. The lowest BCUT2D eigenvalue weighted by Crippen LogP contribution is -2.57. The Labute approximate surface area is 108 Å². The van der Waals surface area contributed by atoms with Crippen LogP contribution in [0.15, 0.2) is 22.7 Å². The normalized spacial score (nSPS) is 15.4. The van der Waals surface area contributed by atoms with Gasteiger partial charge in [0.05, 0.1) is 11.0 Å².